The molecule has 0 saturated heterocycles. The number of esters is 1. The van der Waals surface area contributed by atoms with E-state index in [1.54, 1.807) is 29.2 Å². The number of carbonyl (C=O) groups is 2. The highest BCUT2D eigenvalue weighted by molar-refractivity contribution is 7.80. The molecular formula is C16H23NO3S. The maximum atomic E-state index is 12.6. The van der Waals surface area contributed by atoms with Crippen molar-refractivity contribution in [1.29, 1.82) is 0 Å². The van der Waals surface area contributed by atoms with Crippen molar-refractivity contribution in [2.24, 2.45) is 0 Å². The molecule has 0 heterocycles. The average Bonchev–Trinajstić information content (AvgIpc) is 2.47. The van der Waals surface area contributed by atoms with E-state index < -0.39 is 0 Å². The van der Waals surface area contributed by atoms with Gasteiger partial charge in [0.25, 0.3) is 5.91 Å². The number of benzene rings is 1. The van der Waals surface area contributed by atoms with Gasteiger partial charge in [-0.1, -0.05) is 26.0 Å². The van der Waals surface area contributed by atoms with Crippen LogP contribution in [0.1, 0.15) is 43.5 Å². The molecule has 0 spiro atoms. The monoisotopic (exact) mass is 309 g/mol. The molecule has 0 aliphatic carbocycles. The number of rotatable bonds is 8. The number of hydrogen-bond donors (Lipinski definition) is 1. The molecule has 0 atom stereocenters. The van der Waals surface area contributed by atoms with Gasteiger partial charge in [0, 0.05) is 18.8 Å². The SMILES string of the molecule is CCCN(CCC)C(=O)c1ccccc1OC(=O)CCS. The van der Waals surface area contributed by atoms with Crippen LogP contribution in [0.2, 0.25) is 0 Å². The highest BCUT2D eigenvalue weighted by atomic mass is 32.1. The summed E-state index contributed by atoms with van der Waals surface area (Å²) in [6.07, 6.45) is 2.01. The molecule has 0 fully saturated rings. The number of amides is 1. The van der Waals surface area contributed by atoms with Gasteiger partial charge in [0.05, 0.1) is 12.0 Å². The summed E-state index contributed by atoms with van der Waals surface area (Å²) in [5, 5.41) is 0. The van der Waals surface area contributed by atoms with Crippen molar-refractivity contribution < 1.29 is 14.3 Å². The van der Waals surface area contributed by atoms with Crippen LogP contribution in [0.4, 0.5) is 0 Å². The van der Waals surface area contributed by atoms with Crippen LogP contribution in [0.5, 0.6) is 5.75 Å². The molecule has 0 unspecified atom stereocenters. The molecule has 21 heavy (non-hydrogen) atoms. The van der Waals surface area contributed by atoms with Gasteiger partial charge in [0.15, 0.2) is 0 Å². The first-order chi connectivity index (χ1) is 10.1. The topological polar surface area (TPSA) is 46.6 Å². The molecule has 0 aliphatic heterocycles. The van der Waals surface area contributed by atoms with Crippen LogP contribution in [0.25, 0.3) is 0 Å². The fourth-order valence-electron chi connectivity index (χ4n) is 2.02. The lowest BCUT2D eigenvalue weighted by molar-refractivity contribution is -0.133. The fraction of sp³-hybridized carbons (Fsp3) is 0.500. The van der Waals surface area contributed by atoms with Gasteiger partial charge in [-0.05, 0) is 25.0 Å². The van der Waals surface area contributed by atoms with E-state index in [4.69, 9.17) is 4.74 Å². The average molecular weight is 309 g/mol. The third kappa shape index (κ3) is 5.42. The Kier molecular flexibility index (Phi) is 7.90. The van der Waals surface area contributed by atoms with Crippen molar-refractivity contribution in [3.8, 4) is 5.75 Å². The third-order valence-electron chi connectivity index (χ3n) is 2.93. The van der Waals surface area contributed by atoms with Crippen molar-refractivity contribution in [3.05, 3.63) is 29.8 Å². The Balaban J connectivity index is 2.94. The number of nitrogens with zero attached hydrogens (tertiary/aromatic N) is 1. The third-order valence-corrected chi connectivity index (χ3v) is 3.16. The number of ether oxygens (including phenoxy) is 1. The molecule has 0 saturated carbocycles. The van der Waals surface area contributed by atoms with Gasteiger partial charge >= 0.3 is 5.97 Å². The molecule has 1 amide bonds. The van der Waals surface area contributed by atoms with E-state index in [2.05, 4.69) is 12.6 Å². The molecule has 0 bridgehead atoms. The zero-order valence-electron chi connectivity index (χ0n) is 12.7. The van der Waals surface area contributed by atoms with Crippen molar-refractivity contribution >= 4 is 24.5 Å². The Bertz CT molecular complexity index is 470. The van der Waals surface area contributed by atoms with Gasteiger partial charge in [-0.3, -0.25) is 9.59 Å². The number of carbonyl (C=O) groups excluding carboxylic acids is 2. The molecule has 4 nitrogen and oxygen atoms in total. The first-order valence-corrected chi connectivity index (χ1v) is 7.97. The first-order valence-electron chi connectivity index (χ1n) is 7.33. The van der Waals surface area contributed by atoms with Crippen LogP contribution in [-0.4, -0.2) is 35.6 Å². The van der Waals surface area contributed by atoms with E-state index in [-0.39, 0.29) is 18.3 Å². The minimum Gasteiger partial charge on any atom is -0.426 e. The summed E-state index contributed by atoms with van der Waals surface area (Å²) >= 11 is 4.00. The minimum absolute atomic E-state index is 0.0898. The summed E-state index contributed by atoms with van der Waals surface area (Å²) < 4.78 is 5.28. The molecular weight excluding hydrogens is 286 g/mol. The van der Waals surface area contributed by atoms with Gasteiger partial charge in [-0.2, -0.15) is 12.6 Å². The van der Waals surface area contributed by atoms with Crippen molar-refractivity contribution in [1.82, 2.24) is 4.90 Å². The Morgan fingerprint density at radius 2 is 1.76 bits per heavy atom. The van der Waals surface area contributed by atoms with E-state index in [0.717, 1.165) is 12.8 Å². The largest absolute Gasteiger partial charge is 0.426 e. The summed E-state index contributed by atoms with van der Waals surface area (Å²) in [5.74, 6) is 0.287. The molecule has 0 radical (unpaired) electrons. The lowest BCUT2D eigenvalue weighted by Gasteiger charge is -2.22. The van der Waals surface area contributed by atoms with E-state index in [1.165, 1.54) is 0 Å². The normalized spacial score (nSPS) is 10.2. The Morgan fingerprint density at radius 1 is 1.14 bits per heavy atom. The fourth-order valence-corrected chi connectivity index (χ4v) is 2.20. The summed E-state index contributed by atoms with van der Waals surface area (Å²) in [7, 11) is 0. The second kappa shape index (κ2) is 9.45. The molecule has 1 aromatic rings. The smallest absolute Gasteiger partial charge is 0.312 e. The second-order valence-corrected chi connectivity index (χ2v) is 5.18. The van der Waals surface area contributed by atoms with E-state index >= 15 is 0 Å². The van der Waals surface area contributed by atoms with Crippen LogP contribution in [-0.2, 0) is 4.79 Å². The van der Waals surface area contributed by atoms with Crippen molar-refractivity contribution in [2.75, 3.05) is 18.8 Å². The molecule has 1 aromatic carbocycles. The summed E-state index contributed by atoms with van der Waals surface area (Å²) in [6, 6.07) is 6.88. The van der Waals surface area contributed by atoms with Crippen LogP contribution >= 0.6 is 12.6 Å². The van der Waals surface area contributed by atoms with Crippen molar-refractivity contribution in [2.45, 2.75) is 33.1 Å². The number of hydrogen-bond acceptors (Lipinski definition) is 4. The van der Waals surface area contributed by atoms with E-state index in [9.17, 15) is 9.59 Å². The predicted molar refractivity (Wildman–Crippen MR) is 87.0 cm³/mol. The second-order valence-electron chi connectivity index (χ2n) is 4.74. The zero-order valence-corrected chi connectivity index (χ0v) is 13.6. The zero-order chi connectivity index (χ0) is 15.7. The standard InChI is InChI=1S/C16H23NO3S/c1-3-10-17(11-4-2)16(19)13-7-5-6-8-14(13)20-15(18)9-12-21/h5-8,21H,3-4,9-12H2,1-2H3. The summed E-state index contributed by atoms with van der Waals surface area (Å²) in [4.78, 5) is 26.0. The van der Waals surface area contributed by atoms with Gasteiger partial charge < -0.3 is 9.64 Å². The van der Waals surface area contributed by atoms with E-state index in [0.29, 0.717) is 30.2 Å². The lowest BCUT2D eigenvalue weighted by atomic mass is 10.1. The molecule has 1 rings (SSSR count). The molecule has 0 aliphatic rings. The Morgan fingerprint density at radius 3 is 2.33 bits per heavy atom. The van der Waals surface area contributed by atoms with Crippen LogP contribution < -0.4 is 4.74 Å². The Labute approximate surface area is 131 Å². The maximum absolute atomic E-state index is 12.6. The molecule has 0 N–H and O–H groups in total. The number of para-hydroxylation sites is 1. The summed E-state index contributed by atoms with van der Waals surface area (Å²) in [5.41, 5.74) is 0.437. The lowest BCUT2D eigenvalue weighted by Crippen LogP contribution is -2.33. The first kappa shape index (κ1) is 17.6. The number of thiol groups is 1. The van der Waals surface area contributed by atoms with Crippen LogP contribution in [0, 0.1) is 0 Å². The van der Waals surface area contributed by atoms with Crippen molar-refractivity contribution in [3.63, 3.8) is 0 Å². The van der Waals surface area contributed by atoms with Gasteiger partial charge in [-0.25, -0.2) is 0 Å². The molecule has 116 valence electrons. The highest BCUT2D eigenvalue weighted by Crippen LogP contribution is 2.21. The maximum Gasteiger partial charge on any atom is 0.312 e. The minimum atomic E-state index is -0.372. The molecule has 0 aromatic heterocycles. The van der Waals surface area contributed by atoms with Gasteiger partial charge in [0.2, 0.25) is 0 Å². The van der Waals surface area contributed by atoms with Crippen LogP contribution in [0.15, 0.2) is 24.3 Å². The van der Waals surface area contributed by atoms with Gasteiger partial charge in [0.1, 0.15) is 5.75 Å². The Hall–Kier alpha value is -1.49. The quantitative estimate of drug-likeness (QED) is 0.456. The predicted octanol–water partition coefficient (Wildman–Crippen LogP) is 3.17. The highest BCUT2D eigenvalue weighted by Gasteiger charge is 2.19. The summed E-state index contributed by atoms with van der Waals surface area (Å²) in [6.45, 7) is 5.47. The van der Waals surface area contributed by atoms with Gasteiger partial charge in [-0.15, -0.1) is 0 Å². The molecule has 5 heteroatoms. The van der Waals surface area contributed by atoms with Crippen LogP contribution in [0.3, 0.4) is 0 Å². The van der Waals surface area contributed by atoms with E-state index in [1.807, 2.05) is 13.8 Å².